The van der Waals surface area contributed by atoms with Crippen LogP contribution in [0.1, 0.15) is 28.7 Å². The van der Waals surface area contributed by atoms with E-state index < -0.39 is 11.9 Å². The van der Waals surface area contributed by atoms with Gasteiger partial charge >= 0.3 is 5.97 Å². The third kappa shape index (κ3) is 3.60. The summed E-state index contributed by atoms with van der Waals surface area (Å²) >= 11 is 0. The molecule has 0 fully saturated rings. The van der Waals surface area contributed by atoms with E-state index in [1.807, 2.05) is 25.1 Å². The van der Waals surface area contributed by atoms with Gasteiger partial charge in [0.15, 0.2) is 5.69 Å². The quantitative estimate of drug-likeness (QED) is 0.773. The Morgan fingerprint density at radius 2 is 2.18 bits per heavy atom. The lowest BCUT2D eigenvalue weighted by Crippen LogP contribution is -2.22. The second-order valence-corrected chi connectivity index (χ2v) is 4.60. The summed E-state index contributed by atoms with van der Waals surface area (Å²) in [6.07, 6.45) is 0.860. The largest absolute Gasteiger partial charge is 0.487 e. The summed E-state index contributed by atoms with van der Waals surface area (Å²) in [7, 11) is 0. The van der Waals surface area contributed by atoms with Gasteiger partial charge in [-0.05, 0) is 24.1 Å². The minimum atomic E-state index is -1.24. The molecule has 0 spiro atoms. The number of carbonyl (C=O) groups is 2. The molecule has 0 bridgehead atoms. The number of carboxylic acid groups (broad SMARTS) is 1. The number of primary amides is 1. The maximum atomic E-state index is 11.1. The molecular weight excluding hydrogens is 288 g/mol. The van der Waals surface area contributed by atoms with Crippen molar-refractivity contribution >= 4 is 11.9 Å². The first-order valence-electron chi connectivity index (χ1n) is 6.67. The van der Waals surface area contributed by atoms with E-state index in [1.165, 1.54) is 0 Å². The number of nitrogens with two attached hydrogens (primary N) is 1. The van der Waals surface area contributed by atoms with Gasteiger partial charge in [-0.15, -0.1) is 5.10 Å². The molecule has 0 radical (unpaired) electrons. The van der Waals surface area contributed by atoms with Crippen molar-refractivity contribution in [2.24, 2.45) is 5.73 Å². The summed E-state index contributed by atoms with van der Waals surface area (Å²) in [6, 6.07) is 7.45. The molecule has 1 amide bonds. The lowest BCUT2D eigenvalue weighted by molar-refractivity contribution is -0.118. The topological polar surface area (TPSA) is 120 Å². The zero-order valence-electron chi connectivity index (χ0n) is 12.0. The van der Waals surface area contributed by atoms with Crippen LogP contribution in [-0.2, 0) is 24.4 Å². The summed E-state index contributed by atoms with van der Waals surface area (Å²) < 4.78 is 6.72. The first-order chi connectivity index (χ1) is 10.5. The van der Waals surface area contributed by atoms with Crippen molar-refractivity contribution in [1.82, 2.24) is 15.0 Å². The summed E-state index contributed by atoms with van der Waals surface area (Å²) in [5, 5.41) is 16.3. The highest BCUT2D eigenvalue weighted by molar-refractivity contribution is 5.86. The minimum Gasteiger partial charge on any atom is -0.487 e. The van der Waals surface area contributed by atoms with E-state index in [0.29, 0.717) is 5.75 Å². The van der Waals surface area contributed by atoms with Crippen molar-refractivity contribution in [3.8, 4) is 5.75 Å². The van der Waals surface area contributed by atoms with E-state index in [-0.39, 0.29) is 24.5 Å². The highest BCUT2D eigenvalue weighted by Crippen LogP contribution is 2.16. The fraction of sp³-hybridized carbons (Fsp3) is 0.286. The molecule has 0 aliphatic rings. The molecule has 0 saturated carbocycles. The Hall–Kier alpha value is -2.90. The number of carboxylic acids is 1. The normalized spacial score (nSPS) is 10.4. The van der Waals surface area contributed by atoms with Gasteiger partial charge in [0.1, 0.15) is 24.6 Å². The van der Waals surface area contributed by atoms with Crippen LogP contribution in [0.15, 0.2) is 24.3 Å². The van der Waals surface area contributed by atoms with Crippen LogP contribution >= 0.6 is 0 Å². The van der Waals surface area contributed by atoms with Gasteiger partial charge < -0.3 is 15.6 Å². The number of hydrogen-bond acceptors (Lipinski definition) is 5. The molecule has 0 saturated heterocycles. The first-order valence-corrected chi connectivity index (χ1v) is 6.67. The van der Waals surface area contributed by atoms with Gasteiger partial charge in [0, 0.05) is 0 Å². The highest BCUT2D eigenvalue weighted by atomic mass is 16.5. The number of aryl methyl sites for hydroxylation is 1. The third-order valence-electron chi connectivity index (χ3n) is 3.03. The SMILES string of the molecule is CCc1cccc(OCc2c(C(=O)O)nnn2CC(N)=O)c1. The number of amides is 1. The monoisotopic (exact) mass is 304 g/mol. The molecule has 116 valence electrons. The van der Waals surface area contributed by atoms with Gasteiger partial charge in [-0.2, -0.15) is 0 Å². The maximum absolute atomic E-state index is 11.1. The van der Waals surface area contributed by atoms with E-state index >= 15 is 0 Å². The number of aromatic carboxylic acids is 1. The number of rotatable bonds is 7. The fourth-order valence-electron chi connectivity index (χ4n) is 1.92. The van der Waals surface area contributed by atoms with Crippen LogP contribution < -0.4 is 10.5 Å². The molecule has 0 unspecified atom stereocenters. The second kappa shape index (κ2) is 6.70. The van der Waals surface area contributed by atoms with Crippen molar-refractivity contribution in [1.29, 1.82) is 0 Å². The molecule has 0 aliphatic heterocycles. The van der Waals surface area contributed by atoms with Gasteiger partial charge in [0.2, 0.25) is 5.91 Å². The molecule has 8 heteroatoms. The van der Waals surface area contributed by atoms with Crippen molar-refractivity contribution in [2.75, 3.05) is 0 Å². The second-order valence-electron chi connectivity index (χ2n) is 4.60. The predicted molar refractivity (Wildman–Crippen MR) is 76.3 cm³/mol. The summed E-state index contributed by atoms with van der Waals surface area (Å²) in [5.74, 6) is -1.28. The van der Waals surface area contributed by atoms with Gasteiger partial charge in [-0.3, -0.25) is 4.79 Å². The van der Waals surface area contributed by atoms with Crippen LogP contribution in [0.5, 0.6) is 5.75 Å². The molecule has 2 rings (SSSR count). The standard InChI is InChI=1S/C14H16N4O4/c1-2-9-4-3-5-10(6-9)22-8-11-13(14(20)21)16-17-18(11)7-12(15)19/h3-6H,2,7-8H2,1H3,(H2,15,19)(H,20,21). The lowest BCUT2D eigenvalue weighted by Gasteiger charge is -2.09. The van der Waals surface area contributed by atoms with Gasteiger partial charge in [0.25, 0.3) is 0 Å². The molecule has 1 aromatic heterocycles. The smallest absolute Gasteiger partial charge is 0.358 e. The van der Waals surface area contributed by atoms with Crippen molar-refractivity contribution in [3.63, 3.8) is 0 Å². The molecule has 3 N–H and O–H groups in total. The number of ether oxygens (including phenoxy) is 1. The van der Waals surface area contributed by atoms with E-state index in [0.717, 1.165) is 16.7 Å². The number of aromatic nitrogens is 3. The van der Waals surface area contributed by atoms with Crippen molar-refractivity contribution < 1.29 is 19.4 Å². The van der Waals surface area contributed by atoms with Crippen LogP contribution in [0.3, 0.4) is 0 Å². The molecule has 2 aromatic rings. The highest BCUT2D eigenvalue weighted by Gasteiger charge is 2.20. The Labute approximate surface area is 126 Å². The third-order valence-corrected chi connectivity index (χ3v) is 3.03. The molecular formula is C14H16N4O4. The van der Waals surface area contributed by atoms with Crippen LogP contribution in [0, 0.1) is 0 Å². The van der Waals surface area contributed by atoms with Gasteiger partial charge in [-0.25, -0.2) is 9.48 Å². The molecule has 1 aromatic carbocycles. The molecule has 22 heavy (non-hydrogen) atoms. The predicted octanol–water partition coefficient (Wildman–Crippen LogP) is 0.603. The Balaban J connectivity index is 2.21. The van der Waals surface area contributed by atoms with Gasteiger partial charge in [0.05, 0.1) is 0 Å². The average Bonchev–Trinajstić information content (AvgIpc) is 2.87. The average molecular weight is 304 g/mol. The summed E-state index contributed by atoms with van der Waals surface area (Å²) in [6.45, 7) is 1.69. The lowest BCUT2D eigenvalue weighted by atomic mass is 10.2. The maximum Gasteiger partial charge on any atom is 0.358 e. The van der Waals surface area contributed by atoms with Crippen LogP contribution in [0.25, 0.3) is 0 Å². The van der Waals surface area contributed by atoms with Crippen molar-refractivity contribution in [3.05, 3.63) is 41.2 Å². The minimum absolute atomic E-state index is 0.0743. The van der Waals surface area contributed by atoms with E-state index in [1.54, 1.807) is 6.07 Å². The Morgan fingerprint density at radius 1 is 1.41 bits per heavy atom. The number of hydrogen-bond donors (Lipinski definition) is 2. The Kier molecular flexibility index (Phi) is 4.72. The molecule has 0 aliphatic carbocycles. The number of benzene rings is 1. The number of nitrogens with zero attached hydrogens (tertiary/aromatic N) is 3. The number of carbonyl (C=O) groups excluding carboxylic acids is 1. The van der Waals surface area contributed by atoms with Crippen molar-refractivity contribution in [2.45, 2.75) is 26.5 Å². The molecule has 0 atom stereocenters. The summed E-state index contributed by atoms with van der Waals surface area (Å²) in [4.78, 5) is 22.1. The molecule has 8 nitrogen and oxygen atoms in total. The van der Waals surface area contributed by atoms with Gasteiger partial charge in [-0.1, -0.05) is 24.3 Å². The van der Waals surface area contributed by atoms with E-state index in [9.17, 15) is 9.59 Å². The Bertz CT molecular complexity index is 696. The van der Waals surface area contributed by atoms with Crippen LogP contribution in [0.2, 0.25) is 0 Å². The fourth-order valence-corrected chi connectivity index (χ4v) is 1.92. The Morgan fingerprint density at radius 3 is 2.82 bits per heavy atom. The van der Waals surface area contributed by atoms with Crippen LogP contribution in [0.4, 0.5) is 0 Å². The van der Waals surface area contributed by atoms with E-state index in [4.69, 9.17) is 15.6 Å². The zero-order chi connectivity index (χ0) is 16.1. The zero-order valence-corrected chi connectivity index (χ0v) is 12.0. The summed E-state index contributed by atoms with van der Waals surface area (Å²) in [5.41, 5.74) is 6.14. The molecule has 1 heterocycles. The van der Waals surface area contributed by atoms with E-state index in [2.05, 4.69) is 10.3 Å². The van der Waals surface area contributed by atoms with Crippen LogP contribution in [-0.4, -0.2) is 32.0 Å². The first kappa shape index (κ1) is 15.5.